The number of esters is 1. The molecule has 0 fully saturated rings. The molecule has 1 unspecified atom stereocenters. The van der Waals surface area contributed by atoms with Crippen LogP contribution in [0.2, 0.25) is 5.15 Å². The third-order valence-corrected chi connectivity index (χ3v) is 4.86. The normalized spacial score (nSPS) is 11.7. The highest BCUT2D eigenvalue weighted by Crippen LogP contribution is 2.22. The predicted molar refractivity (Wildman–Crippen MR) is 111 cm³/mol. The standard InChI is InChI=1S/C22H21ClFN3O3/c1-14-19(20(23)27(26-14)13-17-6-4-3-5-7-17)22(29)30-15(2)21(28)25-12-16-8-10-18(24)11-9-16/h3-11,15H,12-13H2,1-2H3,(H,25,28). The van der Waals surface area contributed by atoms with Crippen LogP contribution in [0.3, 0.4) is 0 Å². The summed E-state index contributed by atoms with van der Waals surface area (Å²) in [6, 6.07) is 15.3. The highest BCUT2D eigenvalue weighted by molar-refractivity contribution is 6.32. The van der Waals surface area contributed by atoms with Gasteiger partial charge in [0, 0.05) is 6.54 Å². The minimum atomic E-state index is -1.04. The molecule has 2 aromatic carbocycles. The first-order chi connectivity index (χ1) is 14.3. The second-order valence-corrected chi connectivity index (χ2v) is 7.14. The Kier molecular flexibility index (Phi) is 6.84. The number of hydrogen-bond acceptors (Lipinski definition) is 4. The van der Waals surface area contributed by atoms with E-state index in [-0.39, 0.29) is 23.1 Å². The fourth-order valence-electron chi connectivity index (χ4n) is 2.85. The molecule has 1 heterocycles. The molecular formula is C22H21ClFN3O3. The van der Waals surface area contributed by atoms with Crippen LogP contribution in [0.4, 0.5) is 4.39 Å². The number of halogens is 2. The summed E-state index contributed by atoms with van der Waals surface area (Å²) >= 11 is 6.36. The van der Waals surface area contributed by atoms with Crippen LogP contribution in [0.15, 0.2) is 54.6 Å². The number of hydrogen-bond donors (Lipinski definition) is 1. The molecular weight excluding hydrogens is 409 g/mol. The quantitative estimate of drug-likeness (QED) is 0.578. The third-order valence-electron chi connectivity index (χ3n) is 4.48. The first-order valence-corrected chi connectivity index (χ1v) is 9.73. The molecule has 8 heteroatoms. The molecule has 1 amide bonds. The zero-order valence-corrected chi connectivity index (χ0v) is 17.3. The van der Waals surface area contributed by atoms with Crippen LogP contribution in [0.5, 0.6) is 0 Å². The lowest BCUT2D eigenvalue weighted by molar-refractivity contribution is -0.129. The van der Waals surface area contributed by atoms with Gasteiger partial charge in [-0.1, -0.05) is 54.1 Å². The molecule has 0 saturated carbocycles. The summed E-state index contributed by atoms with van der Waals surface area (Å²) in [6.07, 6.45) is -1.04. The Morgan fingerprint density at radius 2 is 1.80 bits per heavy atom. The summed E-state index contributed by atoms with van der Waals surface area (Å²) in [5.41, 5.74) is 2.25. The zero-order valence-electron chi connectivity index (χ0n) is 16.6. The van der Waals surface area contributed by atoms with Gasteiger partial charge in [-0.3, -0.25) is 4.79 Å². The maximum atomic E-state index is 12.9. The van der Waals surface area contributed by atoms with Gasteiger partial charge in [-0.05, 0) is 37.1 Å². The van der Waals surface area contributed by atoms with Crippen molar-refractivity contribution in [1.29, 1.82) is 0 Å². The van der Waals surface area contributed by atoms with E-state index in [0.717, 1.165) is 11.1 Å². The molecule has 3 rings (SSSR count). The summed E-state index contributed by atoms with van der Waals surface area (Å²) in [4.78, 5) is 24.8. The lowest BCUT2D eigenvalue weighted by Crippen LogP contribution is -2.35. The summed E-state index contributed by atoms with van der Waals surface area (Å²) < 4.78 is 19.7. The van der Waals surface area contributed by atoms with Gasteiger partial charge in [0.25, 0.3) is 5.91 Å². The molecule has 0 aliphatic heterocycles. The Balaban J connectivity index is 1.62. The van der Waals surface area contributed by atoms with Crippen LogP contribution in [0.1, 0.15) is 34.1 Å². The van der Waals surface area contributed by atoms with E-state index in [4.69, 9.17) is 16.3 Å². The minimum absolute atomic E-state index is 0.130. The lowest BCUT2D eigenvalue weighted by atomic mass is 10.2. The van der Waals surface area contributed by atoms with Crippen molar-refractivity contribution in [1.82, 2.24) is 15.1 Å². The topological polar surface area (TPSA) is 73.2 Å². The van der Waals surface area contributed by atoms with Gasteiger partial charge in [-0.25, -0.2) is 13.9 Å². The maximum Gasteiger partial charge on any atom is 0.343 e. The van der Waals surface area contributed by atoms with Gasteiger partial charge in [0.2, 0.25) is 0 Å². The van der Waals surface area contributed by atoms with Gasteiger partial charge in [0.05, 0.1) is 12.2 Å². The second kappa shape index (κ2) is 9.54. The number of nitrogens with zero attached hydrogens (tertiary/aromatic N) is 2. The molecule has 6 nitrogen and oxygen atoms in total. The molecule has 0 aliphatic carbocycles. The zero-order chi connectivity index (χ0) is 21.7. The number of ether oxygens (including phenoxy) is 1. The Hall–Kier alpha value is -3.19. The average Bonchev–Trinajstić information content (AvgIpc) is 3.01. The number of benzene rings is 2. The van der Waals surface area contributed by atoms with Crippen molar-refractivity contribution in [3.63, 3.8) is 0 Å². The number of carbonyl (C=O) groups excluding carboxylic acids is 2. The van der Waals surface area contributed by atoms with Crippen LogP contribution in [0, 0.1) is 12.7 Å². The van der Waals surface area contributed by atoms with Crippen LogP contribution in [-0.2, 0) is 22.6 Å². The van der Waals surface area contributed by atoms with Crippen molar-refractivity contribution >= 4 is 23.5 Å². The van der Waals surface area contributed by atoms with Crippen LogP contribution in [-0.4, -0.2) is 27.8 Å². The van der Waals surface area contributed by atoms with Crippen molar-refractivity contribution in [2.45, 2.75) is 33.0 Å². The Morgan fingerprint density at radius 1 is 1.13 bits per heavy atom. The Labute approximate surface area is 178 Å². The van der Waals surface area contributed by atoms with Crippen molar-refractivity contribution < 1.29 is 18.7 Å². The summed E-state index contributed by atoms with van der Waals surface area (Å²) in [6.45, 7) is 3.72. The van der Waals surface area contributed by atoms with E-state index in [1.54, 1.807) is 19.1 Å². The lowest BCUT2D eigenvalue weighted by Gasteiger charge is -2.13. The number of aromatic nitrogens is 2. The molecule has 1 atom stereocenters. The number of aryl methyl sites for hydroxylation is 1. The molecule has 0 radical (unpaired) electrons. The molecule has 30 heavy (non-hydrogen) atoms. The largest absolute Gasteiger partial charge is 0.449 e. The van der Waals surface area contributed by atoms with Gasteiger partial charge in [-0.15, -0.1) is 0 Å². The number of nitrogens with one attached hydrogen (secondary N) is 1. The minimum Gasteiger partial charge on any atom is -0.449 e. The SMILES string of the molecule is Cc1nn(Cc2ccccc2)c(Cl)c1C(=O)OC(C)C(=O)NCc1ccc(F)cc1. The van der Waals surface area contributed by atoms with Crippen molar-refractivity contribution in [2.75, 3.05) is 0 Å². The molecule has 0 saturated heterocycles. The van der Waals surface area contributed by atoms with Crippen molar-refractivity contribution in [3.8, 4) is 0 Å². The molecule has 0 spiro atoms. The number of carbonyl (C=O) groups is 2. The monoisotopic (exact) mass is 429 g/mol. The van der Waals surface area contributed by atoms with Gasteiger partial charge in [-0.2, -0.15) is 5.10 Å². The number of amides is 1. The fourth-order valence-corrected chi connectivity index (χ4v) is 3.17. The maximum absolute atomic E-state index is 12.9. The summed E-state index contributed by atoms with van der Waals surface area (Å²) in [5, 5.41) is 7.12. The van der Waals surface area contributed by atoms with E-state index in [1.807, 2.05) is 30.3 Å². The molecule has 1 N–H and O–H groups in total. The third kappa shape index (κ3) is 5.24. The highest BCUT2D eigenvalue weighted by Gasteiger charge is 2.25. The molecule has 1 aromatic heterocycles. The predicted octanol–water partition coefficient (Wildman–Crippen LogP) is 3.89. The number of rotatable bonds is 7. The van der Waals surface area contributed by atoms with Gasteiger partial charge < -0.3 is 10.1 Å². The average molecular weight is 430 g/mol. The van der Waals surface area contributed by atoms with Gasteiger partial charge >= 0.3 is 5.97 Å². The van der Waals surface area contributed by atoms with E-state index in [1.165, 1.54) is 23.7 Å². The molecule has 3 aromatic rings. The van der Waals surface area contributed by atoms with E-state index < -0.39 is 18.0 Å². The van der Waals surface area contributed by atoms with E-state index in [2.05, 4.69) is 10.4 Å². The molecule has 156 valence electrons. The van der Waals surface area contributed by atoms with Gasteiger partial charge in [0.15, 0.2) is 6.10 Å². The Bertz CT molecular complexity index is 1040. The van der Waals surface area contributed by atoms with Gasteiger partial charge in [0.1, 0.15) is 16.5 Å². The first kappa shape index (κ1) is 21.5. The Morgan fingerprint density at radius 3 is 2.47 bits per heavy atom. The van der Waals surface area contributed by atoms with E-state index in [9.17, 15) is 14.0 Å². The van der Waals surface area contributed by atoms with Crippen LogP contribution >= 0.6 is 11.6 Å². The smallest absolute Gasteiger partial charge is 0.343 e. The van der Waals surface area contributed by atoms with Crippen LogP contribution < -0.4 is 5.32 Å². The second-order valence-electron chi connectivity index (χ2n) is 6.79. The van der Waals surface area contributed by atoms with E-state index in [0.29, 0.717) is 12.2 Å². The molecule has 0 bridgehead atoms. The van der Waals surface area contributed by atoms with Crippen molar-refractivity contribution in [2.24, 2.45) is 0 Å². The summed E-state index contributed by atoms with van der Waals surface area (Å²) in [7, 11) is 0. The summed E-state index contributed by atoms with van der Waals surface area (Å²) in [5.74, 6) is -1.55. The highest BCUT2D eigenvalue weighted by atomic mass is 35.5. The van der Waals surface area contributed by atoms with Crippen LogP contribution in [0.25, 0.3) is 0 Å². The van der Waals surface area contributed by atoms with E-state index >= 15 is 0 Å². The fraction of sp³-hybridized carbons (Fsp3) is 0.227. The molecule has 0 aliphatic rings. The first-order valence-electron chi connectivity index (χ1n) is 9.35. The van der Waals surface area contributed by atoms with Crippen molar-refractivity contribution in [3.05, 3.63) is 88.0 Å².